The van der Waals surface area contributed by atoms with Crippen LogP contribution in [0.4, 0.5) is 18.9 Å². The maximum Gasteiger partial charge on any atom is 0.501 e. The molecule has 22 heavy (non-hydrogen) atoms. The van der Waals surface area contributed by atoms with Crippen LogP contribution in [0.15, 0.2) is 29.2 Å². The second-order valence-corrected chi connectivity index (χ2v) is 7.27. The van der Waals surface area contributed by atoms with Crippen LogP contribution in [0.5, 0.6) is 0 Å². The van der Waals surface area contributed by atoms with E-state index in [0.717, 1.165) is 37.8 Å². The molecular formula is C14H18F3NO3S. The van der Waals surface area contributed by atoms with Gasteiger partial charge in [-0.25, -0.2) is 8.42 Å². The molecule has 1 N–H and O–H groups in total. The highest BCUT2D eigenvalue weighted by Gasteiger charge is 2.46. The monoisotopic (exact) mass is 337 g/mol. The largest absolute Gasteiger partial charge is 0.501 e. The molecule has 1 saturated carbocycles. The molecule has 8 heteroatoms. The number of hydrogen-bond acceptors (Lipinski definition) is 4. The second-order valence-electron chi connectivity index (χ2n) is 5.33. The maximum atomic E-state index is 12.4. The molecule has 0 radical (unpaired) electrons. The van der Waals surface area contributed by atoms with Crippen molar-refractivity contribution in [3.63, 3.8) is 0 Å². The number of hydrogen-bond donors (Lipinski definition) is 1. The zero-order valence-corrected chi connectivity index (χ0v) is 12.9. The third kappa shape index (κ3) is 3.73. The van der Waals surface area contributed by atoms with Crippen molar-refractivity contribution in [2.75, 3.05) is 12.4 Å². The van der Waals surface area contributed by atoms with E-state index in [2.05, 4.69) is 5.32 Å². The predicted molar refractivity (Wildman–Crippen MR) is 76.4 cm³/mol. The quantitative estimate of drug-likeness (QED) is 0.915. The molecule has 1 fully saturated rings. The number of sulfone groups is 1. The van der Waals surface area contributed by atoms with Gasteiger partial charge in [-0.1, -0.05) is 0 Å². The minimum atomic E-state index is -5.28. The van der Waals surface area contributed by atoms with Gasteiger partial charge in [-0.3, -0.25) is 0 Å². The minimum Gasteiger partial charge on any atom is -0.382 e. The molecule has 0 amide bonds. The van der Waals surface area contributed by atoms with Crippen LogP contribution in [0.25, 0.3) is 0 Å². The van der Waals surface area contributed by atoms with Gasteiger partial charge in [0.15, 0.2) is 0 Å². The van der Waals surface area contributed by atoms with E-state index >= 15 is 0 Å². The third-order valence-corrected chi connectivity index (χ3v) is 5.35. The number of halogens is 3. The Kier molecular flexibility index (Phi) is 5.01. The highest BCUT2D eigenvalue weighted by molar-refractivity contribution is 7.92. The molecule has 0 bridgehead atoms. The van der Waals surface area contributed by atoms with Gasteiger partial charge in [0.05, 0.1) is 11.0 Å². The van der Waals surface area contributed by atoms with Crippen LogP contribution in [-0.4, -0.2) is 33.2 Å². The maximum absolute atomic E-state index is 12.4. The molecule has 4 nitrogen and oxygen atoms in total. The van der Waals surface area contributed by atoms with E-state index in [1.807, 2.05) is 0 Å². The summed E-state index contributed by atoms with van der Waals surface area (Å²) in [6, 6.07) is 4.90. The number of rotatable bonds is 4. The van der Waals surface area contributed by atoms with Crippen molar-refractivity contribution in [2.45, 2.75) is 48.2 Å². The Morgan fingerprint density at radius 3 is 2.09 bits per heavy atom. The summed E-state index contributed by atoms with van der Waals surface area (Å²) in [5.74, 6) is 0. The first-order valence-corrected chi connectivity index (χ1v) is 8.43. The van der Waals surface area contributed by atoms with Gasteiger partial charge in [0.25, 0.3) is 9.84 Å². The van der Waals surface area contributed by atoms with Gasteiger partial charge < -0.3 is 10.1 Å². The van der Waals surface area contributed by atoms with E-state index in [1.165, 1.54) is 12.1 Å². The summed E-state index contributed by atoms with van der Waals surface area (Å²) >= 11 is 0. The molecule has 0 unspecified atom stereocenters. The van der Waals surface area contributed by atoms with E-state index in [9.17, 15) is 21.6 Å². The van der Waals surface area contributed by atoms with Crippen molar-refractivity contribution >= 4 is 15.5 Å². The number of nitrogens with one attached hydrogen (secondary N) is 1. The highest BCUT2D eigenvalue weighted by Crippen LogP contribution is 2.31. The fourth-order valence-corrected chi connectivity index (χ4v) is 3.30. The summed E-state index contributed by atoms with van der Waals surface area (Å²) in [5, 5.41) is 3.21. The third-order valence-electron chi connectivity index (χ3n) is 3.85. The molecule has 0 heterocycles. The van der Waals surface area contributed by atoms with Gasteiger partial charge in [-0.2, -0.15) is 13.2 Å². The Balaban J connectivity index is 2.01. The average Bonchev–Trinajstić information content (AvgIpc) is 2.47. The molecule has 0 atom stereocenters. The lowest BCUT2D eigenvalue weighted by atomic mass is 9.93. The normalized spacial score (nSPS) is 23.3. The number of alkyl halides is 3. The number of benzene rings is 1. The first-order valence-electron chi connectivity index (χ1n) is 6.95. The Morgan fingerprint density at radius 1 is 1.09 bits per heavy atom. The van der Waals surface area contributed by atoms with Crippen molar-refractivity contribution < 1.29 is 26.3 Å². The summed E-state index contributed by atoms with van der Waals surface area (Å²) < 4.78 is 65.1. The van der Waals surface area contributed by atoms with Gasteiger partial charge in [-0.05, 0) is 49.9 Å². The molecule has 1 aliphatic carbocycles. The lowest BCUT2D eigenvalue weighted by Gasteiger charge is -2.28. The van der Waals surface area contributed by atoms with Crippen LogP contribution in [0, 0.1) is 0 Å². The SMILES string of the molecule is COC1CCC(Nc2ccc(S(=O)(=O)C(F)(F)F)cc2)CC1. The summed E-state index contributed by atoms with van der Waals surface area (Å²) in [7, 11) is -3.60. The van der Waals surface area contributed by atoms with Crippen LogP contribution in [0.1, 0.15) is 25.7 Å². The lowest BCUT2D eigenvalue weighted by molar-refractivity contribution is -0.0436. The fraction of sp³-hybridized carbons (Fsp3) is 0.571. The van der Waals surface area contributed by atoms with Crippen LogP contribution < -0.4 is 5.32 Å². The molecule has 0 spiro atoms. The minimum absolute atomic E-state index is 0.219. The summed E-state index contributed by atoms with van der Waals surface area (Å²) in [4.78, 5) is -0.742. The van der Waals surface area contributed by atoms with Crippen LogP contribution in [0.3, 0.4) is 0 Å². The van der Waals surface area contributed by atoms with E-state index in [-0.39, 0.29) is 12.1 Å². The lowest BCUT2D eigenvalue weighted by Crippen LogP contribution is -2.29. The van der Waals surface area contributed by atoms with E-state index < -0.39 is 20.2 Å². The van der Waals surface area contributed by atoms with Gasteiger partial charge in [0.2, 0.25) is 0 Å². The van der Waals surface area contributed by atoms with E-state index in [1.54, 1.807) is 7.11 Å². The first-order chi connectivity index (χ1) is 10.2. The molecule has 1 aliphatic rings. The number of anilines is 1. The molecule has 1 aromatic rings. The smallest absolute Gasteiger partial charge is 0.382 e. The average molecular weight is 337 g/mol. The van der Waals surface area contributed by atoms with Gasteiger partial charge >= 0.3 is 5.51 Å². The molecule has 0 saturated heterocycles. The number of ether oxygens (including phenoxy) is 1. The van der Waals surface area contributed by atoms with Gasteiger partial charge in [0, 0.05) is 18.8 Å². The summed E-state index contributed by atoms with van der Waals surface area (Å²) in [6.07, 6.45) is 3.92. The molecule has 2 rings (SSSR count). The molecule has 124 valence electrons. The highest BCUT2D eigenvalue weighted by atomic mass is 32.2. The number of methoxy groups -OCH3 is 1. The van der Waals surface area contributed by atoms with Gasteiger partial charge in [-0.15, -0.1) is 0 Å². The van der Waals surface area contributed by atoms with Crippen LogP contribution in [0.2, 0.25) is 0 Å². The Morgan fingerprint density at radius 2 is 1.64 bits per heavy atom. The Hall–Kier alpha value is -1.28. The molecule has 0 aromatic heterocycles. The molecule has 0 aliphatic heterocycles. The molecular weight excluding hydrogens is 319 g/mol. The predicted octanol–water partition coefficient (Wildman–Crippen LogP) is 3.35. The second kappa shape index (κ2) is 6.45. The molecule has 1 aromatic carbocycles. The van der Waals surface area contributed by atoms with Crippen molar-refractivity contribution in [3.05, 3.63) is 24.3 Å². The van der Waals surface area contributed by atoms with E-state index in [4.69, 9.17) is 4.74 Å². The van der Waals surface area contributed by atoms with E-state index in [0.29, 0.717) is 5.69 Å². The topological polar surface area (TPSA) is 55.4 Å². The Bertz CT molecular complexity index is 591. The standard InChI is InChI=1S/C14H18F3NO3S/c1-21-12-6-2-10(3-7-12)18-11-4-8-13(9-5-11)22(19,20)14(15,16)17/h4-5,8-10,12,18H,2-3,6-7H2,1H3. The zero-order valence-electron chi connectivity index (χ0n) is 12.1. The van der Waals surface area contributed by atoms with Crippen molar-refractivity contribution in [1.29, 1.82) is 0 Å². The first kappa shape index (κ1) is 17.1. The van der Waals surface area contributed by atoms with Gasteiger partial charge in [0.1, 0.15) is 0 Å². The van der Waals surface area contributed by atoms with Crippen LogP contribution >= 0.6 is 0 Å². The van der Waals surface area contributed by atoms with Crippen molar-refractivity contribution in [2.24, 2.45) is 0 Å². The zero-order chi connectivity index (χ0) is 16.4. The summed E-state index contributed by atoms with van der Waals surface area (Å²) in [6.45, 7) is 0. The Labute approximate surface area is 127 Å². The van der Waals surface area contributed by atoms with Crippen molar-refractivity contribution in [1.82, 2.24) is 0 Å². The van der Waals surface area contributed by atoms with Crippen molar-refractivity contribution in [3.8, 4) is 0 Å². The van der Waals surface area contributed by atoms with Crippen LogP contribution in [-0.2, 0) is 14.6 Å². The fourth-order valence-electron chi connectivity index (χ4n) is 2.54. The summed E-state index contributed by atoms with van der Waals surface area (Å²) in [5.41, 5.74) is -4.66.